The smallest absolute Gasteiger partial charge is 0.176 e. The van der Waals surface area contributed by atoms with Crippen molar-refractivity contribution in [3.05, 3.63) is 70.5 Å². The lowest BCUT2D eigenvalue weighted by Gasteiger charge is -2.25. The monoisotopic (exact) mass is 305 g/mol. The maximum absolute atomic E-state index is 13.2. The normalized spacial score (nSPS) is 12.4. The second-order valence-corrected chi connectivity index (χ2v) is 5.45. The zero-order valence-corrected chi connectivity index (χ0v) is 12.8. The summed E-state index contributed by atoms with van der Waals surface area (Å²) < 4.78 is 13.2. The Kier molecular flexibility index (Phi) is 5.10. The number of benzene rings is 2. The van der Waals surface area contributed by atoms with Crippen LogP contribution in [-0.4, -0.2) is 24.3 Å². The molecule has 4 heteroatoms. The molecule has 0 saturated carbocycles. The lowest BCUT2D eigenvalue weighted by Crippen LogP contribution is -2.29. The average molecular weight is 306 g/mol. The molecule has 0 N–H and O–H groups in total. The van der Waals surface area contributed by atoms with Crippen LogP contribution in [0.1, 0.15) is 28.9 Å². The van der Waals surface area contributed by atoms with E-state index in [4.69, 9.17) is 11.6 Å². The van der Waals surface area contributed by atoms with Crippen LogP contribution in [0.25, 0.3) is 0 Å². The molecule has 1 atom stereocenters. The molecule has 1 unspecified atom stereocenters. The van der Waals surface area contributed by atoms with Crippen LogP contribution in [-0.2, 0) is 0 Å². The number of rotatable bonds is 5. The van der Waals surface area contributed by atoms with E-state index in [1.54, 1.807) is 12.1 Å². The largest absolute Gasteiger partial charge is 0.293 e. The molecular weight excluding hydrogens is 289 g/mol. The van der Waals surface area contributed by atoms with Crippen molar-refractivity contribution in [3.8, 4) is 0 Å². The van der Waals surface area contributed by atoms with Gasteiger partial charge in [-0.3, -0.25) is 9.69 Å². The van der Waals surface area contributed by atoms with Gasteiger partial charge < -0.3 is 0 Å². The van der Waals surface area contributed by atoms with Crippen molar-refractivity contribution in [3.63, 3.8) is 0 Å². The van der Waals surface area contributed by atoms with Gasteiger partial charge >= 0.3 is 0 Å². The zero-order chi connectivity index (χ0) is 15.4. The van der Waals surface area contributed by atoms with Gasteiger partial charge in [0.15, 0.2) is 5.78 Å². The summed E-state index contributed by atoms with van der Waals surface area (Å²) in [6, 6.07) is 13.3. The summed E-state index contributed by atoms with van der Waals surface area (Å²) in [4.78, 5) is 14.1. The maximum atomic E-state index is 13.2. The summed E-state index contributed by atoms with van der Waals surface area (Å²) in [5.41, 5.74) is 1.35. The van der Waals surface area contributed by atoms with Gasteiger partial charge in [-0.15, -0.1) is 0 Å². The topological polar surface area (TPSA) is 20.3 Å². The molecule has 0 aliphatic heterocycles. The minimum Gasteiger partial charge on any atom is -0.293 e. The van der Waals surface area contributed by atoms with Crippen LogP contribution >= 0.6 is 11.6 Å². The van der Waals surface area contributed by atoms with Gasteiger partial charge in [-0.05, 0) is 37.7 Å². The van der Waals surface area contributed by atoms with E-state index in [2.05, 4.69) is 0 Å². The average Bonchev–Trinajstić information content (AvgIpc) is 2.47. The van der Waals surface area contributed by atoms with E-state index in [0.29, 0.717) is 10.6 Å². The van der Waals surface area contributed by atoms with Crippen LogP contribution in [0.4, 0.5) is 4.39 Å². The predicted octanol–water partition coefficient (Wildman–Crippen LogP) is 4.35. The Morgan fingerprint density at radius 3 is 2.62 bits per heavy atom. The van der Waals surface area contributed by atoms with E-state index in [9.17, 15) is 9.18 Å². The Hall–Kier alpha value is -1.71. The quantitative estimate of drug-likeness (QED) is 0.765. The minimum atomic E-state index is -0.400. The van der Waals surface area contributed by atoms with Crippen molar-refractivity contribution < 1.29 is 9.18 Å². The first kappa shape index (κ1) is 15.7. The molecule has 2 rings (SSSR count). The lowest BCUT2D eigenvalue weighted by atomic mass is 10.1. The number of ketones is 1. The highest BCUT2D eigenvalue weighted by molar-refractivity contribution is 6.31. The van der Waals surface area contributed by atoms with Crippen molar-refractivity contribution in [1.29, 1.82) is 0 Å². The fourth-order valence-corrected chi connectivity index (χ4v) is 2.46. The van der Waals surface area contributed by atoms with Crippen molar-refractivity contribution in [2.45, 2.75) is 13.0 Å². The SMILES string of the molecule is CC(c1ccccc1Cl)N(C)CC(=O)c1cccc(F)c1. The van der Waals surface area contributed by atoms with Crippen molar-refractivity contribution in [2.24, 2.45) is 0 Å². The Bertz CT molecular complexity index is 644. The van der Waals surface area contributed by atoms with Crippen LogP contribution in [0.15, 0.2) is 48.5 Å². The van der Waals surface area contributed by atoms with Crippen LogP contribution < -0.4 is 0 Å². The van der Waals surface area contributed by atoms with E-state index >= 15 is 0 Å². The van der Waals surface area contributed by atoms with Gasteiger partial charge in [0.1, 0.15) is 5.82 Å². The first-order chi connectivity index (χ1) is 9.99. The molecule has 0 amide bonds. The van der Waals surface area contributed by atoms with Crippen LogP contribution in [0.3, 0.4) is 0 Å². The molecule has 110 valence electrons. The van der Waals surface area contributed by atoms with E-state index < -0.39 is 5.82 Å². The minimum absolute atomic E-state index is 0.00351. The molecule has 0 spiro atoms. The number of hydrogen-bond acceptors (Lipinski definition) is 2. The third kappa shape index (κ3) is 3.90. The van der Waals surface area contributed by atoms with E-state index in [1.807, 2.05) is 43.1 Å². The molecular formula is C17H17ClFNO. The fraction of sp³-hybridized carbons (Fsp3) is 0.235. The van der Waals surface area contributed by atoms with E-state index in [-0.39, 0.29) is 18.4 Å². The summed E-state index contributed by atoms with van der Waals surface area (Å²) in [7, 11) is 1.85. The second-order valence-electron chi connectivity index (χ2n) is 5.05. The first-order valence-corrected chi connectivity index (χ1v) is 7.10. The summed E-state index contributed by atoms with van der Waals surface area (Å²) in [6.45, 7) is 2.19. The lowest BCUT2D eigenvalue weighted by molar-refractivity contribution is 0.0924. The van der Waals surface area contributed by atoms with E-state index in [0.717, 1.165) is 5.56 Å². The Balaban J connectivity index is 2.09. The van der Waals surface area contributed by atoms with Gasteiger partial charge in [-0.1, -0.05) is 41.9 Å². The first-order valence-electron chi connectivity index (χ1n) is 6.72. The van der Waals surface area contributed by atoms with Gasteiger partial charge in [0.05, 0.1) is 6.54 Å². The summed E-state index contributed by atoms with van der Waals surface area (Å²) in [5.74, 6) is -0.515. The molecule has 2 nitrogen and oxygen atoms in total. The number of Topliss-reactive ketones (excluding diaryl/α,β-unsaturated/α-hetero) is 1. The van der Waals surface area contributed by atoms with Crippen LogP contribution in [0, 0.1) is 5.82 Å². The number of carbonyl (C=O) groups excluding carboxylic acids is 1. The standard InChI is InChI=1S/C17H17ClFNO/c1-12(15-8-3-4-9-16(15)18)20(2)11-17(21)13-6-5-7-14(19)10-13/h3-10,12H,11H2,1-2H3. The number of carbonyl (C=O) groups is 1. The van der Waals surface area contributed by atoms with Gasteiger partial charge in [0, 0.05) is 16.6 Å². The maximum Gasteiger partial charge on any atom is 0.176 e. The van der Waals surface area contributed by atoms with Gasteiger partial charge in [-0.25, -0.2) is 4.39 Å². The number of halogens is 2. The fourth-order valence-electron chi connectivity index (χ4n) is 2.17. The molecule has 0 bridgehead atoms. The third-order valence-corrected chi connectivity index (χ3v) is 3.90. The Morgan fingerprint density at radius 1 is 1.24 bits per heavy atom. The third-order valence-electron chi connectivity index (χ3n) is 3.56. The summed E-state index contributed by atoms with van der Waals surface area (Å²) in [6.07, 6.45) is 0. The van der Waals surface area contributed by atoms with Crippen molar-refractivity contribution in [1.82, 2.24) is 4.90 Å². The zero-order valence-electron chi connectivity index (χ0n) is 12.0. The number of nitrogens with zero attached hydrogens (tertiary/aromatic N) is 1. The van der Waals surface area contributed by atoms with Crippen molar-refractivity contribution in [2.75, 3.05) is 13.6 Å². The molecule has 0 saturated heterocycles. The van der Waals surface area contributed by atoms with Gasteiger partial charge in [0.25, 0.3) is 0 Å². The highest BCUT2D eigenvalue weighted by Gasteiger charge is 2.17. The molecule has 0 heterocycles. The van der Waals surface area contributed by atoms with Crippen molar-refractivity contribution >= 4 is 17.4 Å². The van der Waals surface area contributed by atoms with Crippen LogP contribution in [0.2, 0.25) is 5.02 Å². The summed E-state index contributed by atoms with van der Waals surface area (Å²) >= 11 is 6.18. The molecule has 0 fully saturated rings. The van der Waals surface area contributed by atoms with Gasteiger partial charge in [0.2, 0.25) is 0 Å². The number of likely N-dealkylation sites (N-methyl/N-ethyl adjacent to an activating group) is 1. The van der Waals surface area contributed by atoms with Gasteiger partial charge in [-0.2, -0.15) is 0 Å². The predicted molar refractivity (Wildman–Crippen MR) is 83.2 cm³/mol. The highest BCUT2D eigenvalue weighted by atomic mass is 35.5. The molecule has 2 aromatic rings. The molecule has 2 aromatic carbocycles. The second kappa shape index (κ2) is 6.83. The Labute approximate surface area is 129 Å². The highest BCUT2D eigenvalue weighted by Crippen LogP contribution is 2.26. The molecule has 0 aromatic heterocycles. The molecule has 0 aliphatic rings. The Morgan fingerprint density at radius 2 is 1.95 bits per heavy atom. The van der Waals surface area contributed by atoms with Crippen LogP contribution in [0.5, 0.6) is 0 Å². The molecule has 0 aliphatic carbocycles. The number of hydrogen-bond donors (Lipinski definition) is 0. The van der Waals surface area contributed by atoms with E-state index in [1.165, 1.54) is 12.1 Å². The summed E-state index contributed by atoms with van der Waals surface area (Å²) in [5, 5.41) is 0.676. The molecule has 0 radical (unpaired) electrons. The molecule has 21 heavy (non-hydrogen) atoms.